The van der Waals surface area contributed by atoms with E-state index in [1.165, 1.54) is 57.1 Å². The summed E-state index contributed by atoms with van der Waals surface area (Å²) in [4.78, 5) is 16.6. The van der Waals surface area contributed by atoms with Crippen molar-refractivity contribution in [3.8, 4) is 0 Å². The van der Waals surface area contributed by atoms with Crippen molar-refractivity contribution >= 4 is 23.9 Å². The Balaban J connectivity index is 0.00000225. The molecule has 3 fully saturated rings. The van der Waals surface area contributed by atoms with Gasteiger partial charge >= 0.3 is 0 Å². The fourth-order valence-corrected chi connectivity index (χ4v) is 5.80. The lowest BCUT2D eigenvalue weighted by molar-refractivity contribution is -0.119. The van der Waals surface area contributed by atoms with Crippen molar-refractivity contribution in [1.29, 1.82) is 0 Å². The molecule has 1 aromatic carbocycles. The molecule has 4 heteroatoms. The quantitative estimate of drug-likeness (QED) is 0.653. The normalized spacial score (nSPS) is 23.0. The summed E-state index contributed by atoms with van der Waals surface area (Å²) in [6.45, 7) is 6.71. The second kappa shape index (κ2) is 9.63. The van der Waals surface area contributed by atoms with Crippen molar-refractivity contribution in [1.82, 2.24) is 4.90 Å². The molecular weight excluding hydrogens is 368 g/mol. The first-order chi connectivity index (χ1) is 13.2. The number of piperazine rings is 1. The SMILES string of the molecule is CCC(=O)CN1CCN(c2ccccc2C2CCC3(CCCC3)CC2)CC1.Cl. The number of carbonyl (C=O) groups is 1. The van der Waals surface area contributed by atoms with E-state index in [2.05, 4.69) is 34.1 Å². The second-order valence-electron chi connectivity index (χ2n) is 9.20. The summed E-state index contributed by atoms with van der Waals surface area (Å²) in [6.07, 6.45) is 12.2. The minimum atomic E-state index is 0. The van der Waals surface area contributed by atoms with Crippen LogP contribution in [0.2, 0.25) is 0 Å². The topological polar surface area (TPSA) is 23.6 Å². The van der Waals surface area contributed by atoms with Gasteiger partial charge in [-0.25, -0.2) is 0 Å². The Morgan fingerprint density at radius 1 is 1.00 bits per heavy atom. The van der Waals surface area contributed by atoms with Crippen molar-refractivity contribution in [2.45, 2.75) is 70.6 Å². The van der Waals surface area contributed by atoms with Crippen LogP contribution >= 0.6 is 12.4 Å². The van der Waals surface area contributed by atoms with Crippen LogP contribution < -0.4 is 4.90 Å². The number of halogens is 1. The number of rotatable bonds is 5. The maximum absolute atomic E-state index is 11.7. The molecule has 0 N–H and O–H groups in total. The van der Waals surface area contributed by atoms with Gasteiger partial charge in [0.25, 0.3) is 0 Å². The van der Waals surface area contributed by atoms with Crippen molar-refractivity contribution in [2.24, 2.45) is 5.41 Å². The molecule has 2 saturated carbocycles. The molecule has 0 amide bonds. The third kappa shape index (κ3) is 4.74. The molecule has 0 aromatic heterocycles. The highest BCUT2D eigenvalue weighted by Gasteiger charge is 2.38. The molecule has 3 aliphatic rings. The minimum absolute atomic E-state index is 0. The maximum Gasteiger partial charge on any atom is 0.146 e. The third-order valence-electron chi connectivity index (χ3n) is 7.59. The largest absolute Gasteiger partial charge is 0.369 e. The van der Waals surface area contributed by atoms with Gasteiger partial charge in [0.15, 0.2) is 0 Å². The number of carbonyl (C=O) groups excluding carboxylic acids is 1. The van der Waals surface area contributed by atoms with Crippen molar-refractivity contribution in [3.63, 3.8) is 0 Å². The maximum atomic E-state index is 11.7. The van der Waals surface area contributed by atoms with Crippen molar-refractivity contribution < 1.29 is 4.79 Å². The molecule has 0 unspecified atom stereocenters. The summed E-state index contributed by atoms with van der Waals surface area (Å²) in [5.74, 6) is 1.11. The standard InChI is InChI=1S/C24H36N2O.ClH/c1-2-21(27)19-25-15-17-26(18-16-25)23-8-4-3-7-22(23)20-9-13-24(14-10-20)11-5-6-12-24;/h3-4,7-8,20H,2,5-6,9-19H2,1H3;1H. The molecule has 0 atom stereocenters. The number of anilines is 1. The Morgan fingerprint density at radius 3 is 2.29 bits per heavy atom. The summed E-state index contributed by atoms with van der Waals surface area (Å²) >= 11 is 0. The molecular formula is C24H37ClN2O. The fourth-order valence-electron chi connectivity index (χ4n) is 5.80. The molecule has 0 radical (unpaired) electrons. The van der Waals surface area contributed by atoms with Crippen LogP contribution in [0, 0.1) is 5.41 Å². The first-order valence-corrected chi connectivity index (χ1v) is 11.3. The third-order valence-corrected chi connectivity index (χ3v) is 7.59. The van der Waals surface area contributed by atoms with Crippen LogP contribution in [0.25, 0.3) is 0 Å². The van der Waals surface area contributed by atoms with Gasteiger partial charge in [-0.05, 0) is 61.5 Å². The molecule has 1 aliphatic heterocycles. The molecule has 2 aliphatic carbocycles. The van der Waals surface area contributed by atoms with E-state index in [1.54, 1.807) is 5.56 Å². The first-order valence-electron chi connectivity index (χ1n) is 11.3. The molecule has 4 rings (SSSR count). The Morgan fingerprint density at radius 2 is 1.64 bits per heavy atom. The first kappa shape index (κ1) is 21.6. The van der Waals surface area contributed by atoms with Gasteiger partial charge in [0.2, 0.25) is 0 Å². The van der Waals surface area contributed by atoms with Crippen LogP contribution in [0.5, 0.6) is 0 Å². The van der Waals surface area contributed by atoms with E-state index in [0.29, 0.717) is 24.2 Å². The monoisotopic (exact) mass is 404 g/mol. The number of ketones is 1. The average molecular weight is 405 g/mol. The van der Waals surface area contributed by atoms with E-state index >= 15 is 0 Å². The number of nitrogens with zero attached hydrogens (tertiary/aromatic N) is 2. The van der Waals surface area contributed by atoms with Gasteiger partial charge in [-0.1, -0.05) is 38.0 Å². The van der Waals surface area contributed by atoms with E-state index in [9.17, 15) is 4.79 Å². The zero-order chi connectivity index (χ0) is 18.7. The molecule has 3 nitrogen and oxygen atoms in total. The van der Waals surface area contributed by atoms with Crippen molar-refractivity contribution in [3.05, 3.63) is 29.8 Å². The number of hydrogen-bond acceptors (Lipinski definition) is 3. The lowest BCUT2D eigenvalue weighted by Crippen LogP contribution is -2.48. The Hall–Kier alpha value is -1.06. The Labute approximate surface area is 177 Å². The molecule has 156 valence electrons. The predicted octanol–water partition coefficient (Wildman–Crippen LogP) is 5.43. The van der Waals surface area contributed by atoms with Gasteiger partial charge in [0.1, 0.15) is 5.78 Å². The average Bonchev–Trinajstić information content (AvgIpc) is 3.17. The highest BCUT2D eigenvalue weighted by Crippen LogP contribution is 2.53. The minimum Gasteiger partial charge on any atom is -0.369 e. The molecule has 1 spiro atoms. The fraction of sp³-hybridized carbons (Fsp3) is 0.708. The summed E-state index contributed by atoms with van der Waals surface area (Å²) in [6, 6.07) is 9.16. The van der Waals surface area contributed by atoms with Crippen LogP contribution in [0.15, 0.2) is 24.3 Å². The summed E-state index contributed by atoms with van der Waals surface area (Å²) in [7, 11) is 0. The lowest BCUT2D eigenvalue weighted by Gasteiger charge is -2.40. The summed E-state index contributed by atoms with van der Waals surface area (Å²) in [5.41, 5.74) is 3.76. The van der Waals surface area contributed by atoms with Crippen LogP contribution in [0.3, 0.4) is 0 Å². The van der Waals surface area contributed by atoms with Gasteiger partial charge in [-0.15, -0.1) is 12.4 Å². The zero-order valence-corrected chi connectivity index (χ0v) is 18.3. The zero-order valence-electron chi connectivity index (χ0n) is 17.5. The number of Topliss-reactive ketones (excluding diaryl/α,β-unsaturated/α-hetero) is 1. The molecule has 0 bridgehead atoms. The Bertz CT molecular complexity index is 638. The number of para-hydroxylation sites is 1. The van der Waals surface area contributed by atoms with E-state index in [1.807, 2.05) is 6.92 Å². The molecule has 1 aromatic rings. The smallest absolute Gasteiger partial charge is 0.146 e. The highest BCUT2D eigenvalue weighted by atomic mass is 35.5. The van der Waals surface area contributed by atoms with Gasteiger partial charge in [0.05, 0.1) is 6.54 Å². The van der Waals surface area contributed by atoms with Gasteiger partial charge < -0.3 is 4.90 Å². The van der Waals surface area contributed by atoms with Gasteiger partial charge in [-0.3, -0.25) is 9.69 Å². The number of hydrogen-bond donors (Lipinski definition) is 0. The molecule has 1 heterocycles. The number of benzene rings is 1. The van der Waals surface area contributed by atoms with Crippen LogP contribution in [0.4, 0.5) is 5.69 Å². The van der Waals surface area contributed by atoms with Crippen LogP contribution in [0.1, 0.15) is 76.2 Å². The molecule has 28 heavy (non-hydrogen) atoms. The van der Waals surface area contributed by atoms with Crippen molar-refractivity contribution in [2.75, 3.05) is 37.6 Å². The van der Waals surface area contributed by atoms with Crippen LogP contribution in [-0.4, -0.2) is 43.4 Å². The van der Waals surface area contributed by atoms with E-state index in [-0.39, 0.29) is 12.4 Å². The summed E-state index contributed by atoms with van der Waals surface area (Å²) < 4.78 is 0. The van der Waals surface area contributed by atoms with E-state index in [0.717, 1.165) is 32.1 Å². The molecule has 1 saturated heterocycles. The second-order valence-corrected chi connectivity index (χ2v) is 9.20. The van der Waals surface area contributed by atoms with E-state index < -0.39 is 0 Å². The van der Waals surface area contributed by atoms with Gasteiger partial charge in [-0.2, -0.15) is 0 Å². The van der Waals surface area contributed by atoms with Gasteiger partial charge in [0, 0.05) is 38.3 Å². The lowest BCUT2D eigenvalue weighted by atomic mass is 9.68. The summed E-state index contributed by atoms with van der Waals surface area (Å²) in [5, 5.41) is 0. The predicted molar refractivity (Wildman–Crippen MR) is 120 cm³/mol. The Kier molecular flexibility index (Phi) is 7.44. The van der Waals surface area contributed by atoms with E-state index in [4.69, 9.17) is 0 Å². The highest BCUT2D eigenvalue weighted by molar-refractivity contribution is 5.85. The van der Waals surface area contributed by atoms with Crippen LogP contribution in [-0.2, 0) is 4.79 Å².